The molecule has 4 aliphatic rings. The predicted octanol–water partition coefficient (Wildman–Crippen LogP) is 2.88. The van der Waals surface area contributed by atoms with Gasteiger partial charge in [0, 0.05) is 31.2 Å². The lowest BCUT2D eigenvalue weighted by molar-refractivity contribution is -0.00359. The van der Waals surface area contributed by atoms with Crippen molar-refractivity contribution in [2.45, 2.75) is 44.3 Å². The second-order valence-electron chi connectivity index (χ2n) is 8.15. The first-order chi connectivity index (χ1) is 13.6. The van der Waals surface area contributed by atoms with E-state index in [9.17, 15) is 13.6 Å². The number of fused-ring (bicyclic) bond motifs is 2. The van der Waals surface area contributed by atoms with Gasteiger partial charge in [-0.2, -0.15) is 5.10 Å². The molecule has 0 radical (unpaired) electrons. The zero-order valence-corrected chi connectivity index (χ0v) is 15.9. The molecule has 1 aromatic carbocycles. The van der Waals surface area contributed by atoms with Crippen LogP contribution in [0.5, 0.6) is 0 Å². The van der Waals surface area contributed by atoms with Gasteiger partial charge in [0.05, 0.1) is 17.8 Å². The van der Waals surface area contributed by atoms with E-state index in [1.54, 1.807) is 29.2 Å². The minimum Gasteiger partial charge on any atom is -0.333 e. The molecule has 0 spiro atoms. The van der Waals surface area contributed by atoms with Crippen LogP contribution in [0, 0.1) is 17.6 Å². The summed E-state index contributed by atoms with van der Waals surface area (Å²) in [7, 11) is 0. The highest BCUT2D eigenvalue weighted by Gasteiger charge is 2.55. The highest BCUT2D eigenvalue weighted by Crippen LogP contribution is 2.47. The van der Waals surface area contributed by atoms with E-state index in [0.717, 1.165) is 32.0 Å². The van der Waals surface area contributed by atoms with Crippen LogP contribution in [-0.2, 0) is 6.54 Å². The molecule has 2 bridgehead atoms. The van der Waals surface area contributed by atoms with E-state index in [4.69, 9.17) is 0 Å². The molecule has 28 heavy (non-hydrogen) atoms. The van der Waals surface area contributed by atoms with E-state index < -0.39 is 11.6 Å². The van der Waals surface area contributed by atoms with Crippen molar-refractivity contribution in [2.75, 3.05) is 19.6 Å². The number of halogens is 2. The van der Waals surface area contributed by atoms with E-state index in [1.165, 1.54) is 0 Å². The van der Waals surface area contributed by atoms with Crippen LogP contribution in [0.1, 0.15) is 41.6 Å². The van der Waals surface area contributed by atoms with Crippen LogP contribution in [-0.4, -0.2) is 57.2 Å². The fourth-order valence-electron chi connectivity index (χ4n) is 5.55. The molecule has 4 aliphatic heterocycles. The summed E-state index contributed by atoms with van der Waals surface area (Å²) in [5.41, 5.74) is 0.958. The number of aryl methyl sites for hydroxylation is 1. The second kappa shape index (κ2) is 6.65. The Bertz CT molecular complexity index is 906. The fraction of sp³-hybridized carbons (Fsp3) is 0.524. The van der Waals surface area contributed by atoms with Gasteiger partial charge >= 0.3 is 0 Å². The van der Waals surface area contributed by atoms with Crippen molar-refractivity contribution in [3.05, 3.63) is 53.4 Å². The average molecular weight is 386 g/mol. The second-order valence-corrected chi connectivity index (χ2v) is 8.15. The van der Waals surface area contributed by atoms with E-state index in [2.05, 4.69) is 10.00 Å². The van der Waals surface area contributed by atoms with Gasteiger partial charge in [0.1, 0.15) is 0 Å². The molecule has 4 saturated heterocycles. The Kier molecular flexibility index (Phi) is 4.23. The van der Waals surface area contributed by atoms with Crippen LogP contribution in [0.3, 0.4) is 0 Å². The third-order valence-electron chi connectivity index (χ3n) is 6.84. The summed E-state index contributed by atoms with van der Waals surface area (Å²) in [5, 5.41) is 4.23. The van der Waals surface area contributed by atoms with Crippen LogP contribution >= 0.6 is 0 Å². The molecule has 1 amide bonds. The van der Waals surface area contributed by atoms with E-state index in [-0.39, 0.29) is 23.9 Å². The number of likely N-dealkylation sites (tertiary alicyclic amines) is 1. The third kappa shape index (κ3) is 2.59. The maximum Gasteiger partial charge on any atom is 0.257 e. The van der Waals surface area contributed by atoms with Gasteiger partial charge < -0.3 is 4.90 Å². The Labute approximate surface area is 162 Å². The van der Waals surface area contributed by atoms with Crippen molar-refractivity contribution in [2.24, 2.45) is 5.92 Å². The first kappa shape index (κ1) is 17.8. The minimum atomic E-state index is -0.820. The average Bonchev–Trinajstić information content (AvgIpc) is 3.37. The Morgan fingerprint density at radius 2 is 2.00 bits per heavy atom. The number of amides is 1. The number of nitrogens with zero attached hydrogens (tertiary/aromatic N) is 4. The maximum absolute atomic E-state index is 14.6. The molecule has 0 saturated carbocycles. The van der Waals surface area contributed by atoms with Crippen LogP contribution in [0.4, 0.5) is 8.78 Å². The molecule has 4 fully saturated rings. The Morgan fingerprint density at radius 3 is 2.71 bits per heavy atom. The predicted molar refractivity (Wildman–Crippen MR) is 99.9 cm³/mol. The molecular weight excluding hydrogens is 362 g/mol. The highest BCUT2D eigenvalue weighted by atomic mass is 19.2. The molecule has 0 aliphatic carbocycles. The SMILES string of the molecule is CCn1cc(C(=O)N2C[C@H](c3cccc(F)c3F)[C@H]3[C@@H]2C2CCN3CC2)cn1. The lowest BCUT2D eigenvalue weighted by Gasteiger charge is -2.51. The first-order valence-corrected chi connectivity index (χ1v) is 10.1. The molecule has 6 rings (SSSR count). The minimum absolute atomic E-state index is 0.0487. The molecule has 5 heterocycles. The van der Waals surface area contributed by atoms with E-state index in [0.29, 0.717) is 30.1 Å². The van der Waals surface area contributed by atoms with Crippen molar-refractivity contribution in [1.29, 1.82) is 0 Å². The molecule has 3 atom stereocenters. The molecule has 1 aromatic heterocycles. The zero-order valence-electron chi connectivity index (χ0n) is 15.9. The van der Waals surface area contributed by atoms with Crippen molar-refractivity contribution in [3.63, 3.8) is 0 Å². The van der Waals surface area contributed by atoms with Gasteiger partial charge in [0.25, 0.3) is 5.91 Å². The maximum atomic E-state index is 14.6. The number of aromatic nitrogens is 2. The van der Waals surface area contributed by atoms with E-state index in [1.807, 2.05) is 11.8 Å². The smallest absolute Gasteiger partial charge is 0.257 e. The van der Waals surface area contributed by atoms with E-state index >= 15 is 0 Å². The lowest BCUT2D eigenvalue weighted by Crippen LogP contribution is -2.60. The number of benzene rings is 1. The monoisotopic (exact) mass is 386 g/mol. The summed E-state index contributed by atoms with van der Waals surface area (Å²) in [4.78, 5) is 17.6. The molecule has 2 aromatic rings. The van der Waals surface area contributed by atoms with Gasteiger partial charge in [-0.1, -0.05) is 12.1 Å². The van der Waals surface area contributed by atoms with Crippen LogP contribution in [0.15, 0.2) is 30.6 Å². The molecule has 148 valence electrons. The first-order valence-electron chi connectivity index (χ1n) is 10.1. The van der Waals surface area contributed by atoms with Gasteiger partial charge in [-0.05, 0) is 50.4 Å². The topological polar surface area (TPSA) is 41.4 Å². The van der Waals surface area contributed by atoms with Crippen LogP contribution in [0.25, 0.3) is 0 Å². The fourth-order valence-corrected chi connectivity index (χ4v) is 5.55. The number of hydrogen-bond donors (Lipinski definition) is 0. The zero-order chi connectivity index (χ0) is 19.4. The van der Waals surface area contributed by atoms with Crippen molar-refractivity contribution < 1.29 is 13.6 Å². The molecule has 0 unspecified atom stereocenters. The number of piperidine rings is 3. The highest BCUT2D eigenvalue weighted by molar-refractivity contribution is 5.94. The van der Waals surface area contributed by atoms with Gasteiger partial charge in [-0.25, -0.2) is 8.78 Å². The summed E-state index contributed by atoms with van der Waals surface area (Å²) < 4.78 is 30.3. The van der Waals surface area contributed by atoms with Crippen molar-refractivity contribution >= 4 is 5.91 Å². The lowest BCUT2D eigenvalue weighted by atomic mass is 9.75. The summed E-state index contributed by atoms with van der Waals surface area (Å²) in [6.45, 7) is 5.03. The summed E-state index contributed by atoms with van der Waals surface area (Å²) in [6.07, 6.45) is 5.49. The Morgan fingerprint density at radius 1 is 1.21 bits per heavy atom. The Balaban J connectivity index is 1.54. The number of carbonyl (C=O) groups is 1. The number of rotatable bonds is 3. The normalized spacial score (nSPS) is 31.2. The standard InChI is InChI=1S/C21H24F2N4O/c1-2-26-11-14(10-24-26)21(28)27-12-16(15-4-3-5-17(22)18(15)23)20-19(27)13-6-8-25(20)9-7-13/h3-5,10-11,13,16,19-20H,2,6-9,12H2,1H3/t16-,19+,20+/m1/s1. The third-order valence-corrected chi connectivity index (χ3v) is 6.84. The molecule has 0 N–H and O–H groups in total. The van der Waals surface area contributed by atoms with Gasteiger partial charge in [-0.3, -0.25) is 14.4 Å². The quantitative estimate of drug-likeness (QED) is 0.815. The van der Waals surface area contributed by atoms with Crippen LogP contribution < -0.4 is 0 Å². The summed E-state index contributed by atoms with van der Waals surface area (Å²) in [5.74, 6) is -1.44. The van der Waals surface area contributed by atoms with Gasteiger partial charge in [-0.15, -0.1) is 0 Å². The summed E-state index contributed by atoms with van der Waals surface area (Å²) >= 11 is 0. The molecule has 5 nitrogen and oxygen atoms in total. The van der Waals surface area contributed by atoms with Crippen molar-refractivity contribution in [3.8, 4) is 0 Å². The molecule has 7 heteroatoms. The van der Waals surface area contributed by atoms with Gasteiger partial charge in [0.15, 0.2) is 11.6 Å². The Hall–Kier alpha value is -2.28. The van der Waals surface area contributed by atoms with Gasteiger partial charge in [0.2, 0.25) is 0 Å². The number of carbonyl (C=O) groups excluding carboxylic acids is 1. The largest absolute Gasteiger partial charge is 0.333 e. The number of hydrogen-bond acceptors (Lipinski definition) is 3. The van der Waals surface area contributed by atoms with Crippen molar-refractivity contribution in [1.82, 2.24) is 19.6 Å². The van der Waals surface area contributed by atoms with Crippen LogP contribution in [0.2, 0.25) is 0 Å². The summed E-state index contributed by atoms with van der Waals surface area (Å²) in [6, 6.07) is 4.49. The molecular formula is C21H24F2N4O.